The minimum atomic E-state index is -0.669. The molecule has 0 bridgehead atoms. The van der Waals surface area contributed by atoms with Crippen LogP contribution in [0.15, 0.2) is 24.3 Å². The fourth-order valence-electron chi connectivity index (χ4n) is 2.38. The predicted molar refractivity (Wildman–Crippen MR) is 74.8 cm³/mol. The SMILES string of the molecule is CC(C)(CO)NC(=O)NC1(c2ccc(F)cc2)CCC1. The van der Waals surface area contributed by atoms with Crippen LogP contribution in [-0.2, 0) is 5.54 Å². The van der Waals surface area contributed by atoms with Gasteiger partial charge in [0.25, 0.3) is 0 Å². The minimum Gasteiger partial charge on any atom is -0.394 e. The molecule has 0 unspecified atom stereocenters. The van der Waals surface area contributed by atoms with Crippen molar-refractivity contribution >= 4 is 6.03 Å². The molecule has 0 aromatic heterocycles. The molecule has 110 valence electrons. The number of carbonyl (C=O) groups excluding carboxylic acids is 1. The third-order valence-corrected chi connectivity index (χ3v) is 3.80. The van der Waals surface area contributed by atoms with Crippen LogP contribution < -0.4 is 10.6 Å². The number of carbonyl (C=O) groups is 1. The van der Waals surface area contributed by atoms with Gasteiger partial charge in [0.1, 0.15) is 5.82 Å². The van der Waals surface area contributed by atoms with Gasteiger partial charge in [-0.1, -0.05) is 12.1 Å². The first-order valence-corrected chi connectivity index (χ1v) is 6.84. The second kappa shape index (κ2) is 5.40. The zero-order valence-electron chi connectivity index (χ0n) is 11.9. The van der Waals surface area contributed by atoms with Crippen molar-refractivity contribution in [2.24, 2.45) is 0 Å². The number of urea groups is 1. The van der Waals surface area contributed by atoms with E-state index in [1.165, 1.54) is 12.1 Å². The van der Waals surface area contributed by atoms with Crippen LogP contribution in [0.25, 0.3) is 0 Å². The Kier molecular flexibility index (Phi) is 3.99. The summed E-state index contributed by atoms with van der Waals surface area (Å²) < 4.78 is 13.0. The molecule has 20 heavy (non-hydrogen) atoms. The molecule has 0 spiro atoms. The fourth-order valence-corrected chi connectivity index (χ4v) is 2.38. The molecule has 1 aromatic carbocycles. The van der Waals surface area contributed by atoms with E-state index in [2.05, 4.69) is 10.6 Å². The summed E-state index contributed by atoms with van der Waals surface area (Å²) in [6.07, 6.45) is 2.71. The first kappa shape index (κ1) is 14.8. The van der Waals surface area contributed by atoms with Crippen LogP contribution in [0.4, 0.5) is 9.18 Å². The molecule has 4 nitrogen and oxygen atoms in total. The van der Waals surface area contributed by atoms with Crippen LogP contribution in [-0.4, -0.2) is 23.3 Å². The maximum absolute atomic E-state index is 13.0. The Hall–Kier alpha value is -1.62. The van der Waals surface area contributed by atoms with Crippen LogP contribution in [0.1, 0.15) is 38.7 Å². The average Bonchev–Trinajstić information content (AvgIpc) is 2.34. The molecular weight excluding hydrogens is 259 g/mol. The van der Waals surface area contributed by atoms with E-state index in [9.17, 15) is 14.3 Å². The number of hydrogen-bond acceptors (Lipinski definition) is 2. The van der Waals surface area contributed by atoms with Crippen LogP contribution in [0.2, 0.25) is 0 Å². The smallest absolute Gasteiger partial charge is 0.315 e. The van der Waals surface area contributed by atoms with Crippen LogP contribution >= 0.6 is 0 Å². The molecule has 1 aromatic rings. The van der Waals surface area contributed by atoms with Crippen molar-refractivity contribution in [3.63, 3.8) is 0 Å². The van der Waals surface area contributed by atoms with Crippen molar-refractivity contribution in [3.8, 4) is 0 Å². The largest absolute Gasteiger partial charge is 0.394 e. The van der Waals surface area contributed by atoms with Crippen molar-refractivity contribution in [1.82, 2.24) is 10.6 Å². The van der Waals surface area contributed by atoms with Gasteiger partial charge >= 0.3 is 6.03 Å². The summed E-state index contributed by atoms with van der Waals surface area (Å²) in [6.45, 7) is 3.36. The van der Waals surface area contributed by atoms with Gasteiger partial charge in [0.2, 0.25) is 0 Å². The summed E-state index contributed by atoms with van der Waals surface area (Å²) in [6, 6.07) is 5.94. The van der Waals surface area contributed by atoms with Gasteiger partial charge in [-0.05, 0) is 50.8 Å². The lowest BCUT2D eigenvalue weighted by molar-refractivity contribution is 0.155. The molecule has 0 saturated heterocycles. The standard InChI is InChI=1S/C15H21FN2O2/c1-14(2,10-19)17-13(20)18-15(8-3-9-15)11-4-6-12(16)7-5-11/h4-7,19H,3,8-10H2,1-2H3,(H2,17,18,20). The molecular formula is C15H21FN2O2. The van der Waals surface area contributed by atoms with Crippen LogP contribution in [0, 0.1) is 5.82 Å². The van der Waals surface area contributed by atoms with E-state index in [0.717, 1.165) is 24.8 Å². The van der Waals surface area contributed by atoms with E-state index in [1.807, 2.05) is 0 Å². The van der Waals surface area contributed by atoms with Gasteiger partial charge in [-0.2, -0.15) is 0 Å². The fraction of sp³-hybridized carbons (Fsp3) is 0.533. The topological polar surface area (TPSA) is 61.4 Å². The molecule has 1 saturated carbocycles. The number of aliphatic hydroxyl groups is 1. The number of halogens is 1. The normalized spacial score (nSPS) is 17.2. The quantitative estimate of drug-likeness (QED) is 0.792. The Morgan fingerprint density at radius 2 is 1.95 bits per heavy atom. The van der Waals surface area contributed by atoms with Crippen LogP contribution in [0.5, 0.6) is 0 Å². The number of hydrogen-bond donors (Lipinski definition) is 3. The highest BCUT2D eigenvalue weighted by Gasteiger charge is 2.40. The highest BCUT2D eigenvalue weighted by molar-refractivity contribution is 5.76. The van der Waals surface area contributed by atoms with Gasteiger partial charge < -0.3 is 15.7 Å². The summed E-state index contributed by atoms with van der Waals surface area (Å²) in [7, 11) is 0. The number of amides is 2. The lowest BCUT2D eigenvalue weighted by atomic mass is 9.72. The van der Waals surface area contributed by atoms with E-state index in [4.69, 9.17) is 0 Å². The van der Waals surface area contributed by atoms with Gasteiger partial charge in [-0.15, -0.1) is 0 Å². The number of aliphatic hydroxyl groups excluding tert-OH is 1. The zero-order chi connectivity index (χ0) is 14.8. The molecule has 3 N–H and O–H groups in total. The predicted octanol–water partition coefficient (Wildman–Crippen LogP) is 2.28. The van der Waals surface area contributed by atoms with Gasteiger partial charge in [0.05, 0.1) is 17.7 Å². The lowest BCUT2D eigenvalue weighted by Gasteiger charge is -2.43. The first-order chi connectivity index (χ1) is 9.37. The molecule has 1 aliphatic carbocycles. The van der Waals surface area contributed by atoms with Gasteiger partial charge in [0, 0.05) is 0 Å². The third kappa shape index (κ3) is 3.10. The summed E-state index contributed by atoms with van der Waals surface area (Å²) in [5, 5.41) is 14.9. The summed E-state index contributed by atoms with van der Waals surface area (Å²) in [5.74, 6) is -0.283. The Labute approximate surface area is 118 Å². The molecule has 1 aliphatic rings. The van der Waals surface area contributed by atoms with Crippen molar-refractivity contribution in [3.05, 3.63) is 35.6 Å². The van der Waals surface area contributed by atoms with Gasteiger partial charge in [-0.3, -0.25) is 0 Å². The minimum absolute atomic E-state index is 0.135. The average molecular weight is 280 g/mol. The Bertz CT molecular complexity index is 481. The Morgan fingerprint density at radius 3 is 2.40 bits per heavy atom. The number of benzene rings is 1. The molecule has 2 amide bonds. The van der Waals surface area contributed by atoms with Crippen molar-refractivity contribution in [2.45, 2.75) is 44.2 Å². The first-order valence-electron chi connectivity index (χ1n) is 6.84. The molecule has 5 heteroatoms. The van der Waals surface area contributed by atoms with Gasteiger partial charge in [-0.25, -0.2) is 9.18 Å². The molecule has 2 rings (SSSR count). The zero-order valence-corrected chi connectivity index (χ0v) is 11.9. The molecule has 0 radical (unpaired) electrons. The second-order valence-corrected chi connectivity index (χ2v) is 6.06. The van der Waals surface area contributed by atoms with E-state index in [-0.39, 0.29) is 18.5 Å². The van der Waals surface area contributed by atoms with Crippen molar-refractivity contribution in [2.75, 3.05) is 6.61 Å². The lowest BCUT2D eigenvalue weighted by Crippen LogP contribution is -2.58. The summed E-state index contributed by atoms with van der Waals surface area (Å²) in [4.78, 5) is 12.1. The second-order valence-electron chi connectivity index (χ2n) is 6.06. The highest BCUT2D eigenvalue weighted by atomic mass is 19.1. The summed E-state index contributed by atoms with van der Waals surface area (Å²) in [5.41, 5.74) is -0.164. The molecule has 0 atom stereocenters. The Balaban J connectivity index is 2.09. The number of rotatable bonds is 4. The highest BCUT2D eigenvalue weighted by Crippen LogP contribution is 2.41. The number of nitrogens with one attached hydrogen (secondary N) is 2. The maximum atomic E-state index is 13.0. The molecule has 1 fully saturated rings. The monoisotopic (exact) mass is 280 g/mol. The van der Waals surface area contributed by atoms with Crippen molar-refractivity contribution in [1.29, 1.82) is 0 Å². The third-order valence-electron chi connectivity index (χ3n) is 3.80. The van der Waals surface area contributed by atoms with Gasteiger partial charge in [0.15, 0.2) is 0 Å². The molecule has 0 heterocycles. The van der Waals surface area contributed by atoms with E-state index in [0.29, 0.717) is 0 Å². The van der Waals surface area contributed by atoms with E-state index >= 15 is 0 Å². The van der Waals surface area contributed by atoms with E-state index < -0.39 is 11.1 Å². The Morgan fingerprint density at radius 1 is 1.35 bits per heavy atom. The molecule has 0 aliphatic heterocycles. The maximum Gasteiger partial charge on any atom is 0.315 e. The van der Waals surface area contributed by atoms with E-state index in [1.54, 1.807) is 26.0 Å². The van der Waals surface area contributed by atoms with Crippen molar-refractivity contribution < 1.29 is 14.3 Å². The van der Waals surface area contributed by atoms with Crippen LogP contribution in [0.3, 0.4) is 0 Å². The summed E-state index contributed by atoms with van der Waals surface area (Å²) >= 11 is 0.